The molecule has 4 heterocycles. The van der Waals surface area contributed by atoms with Crippen molar-refractivity contribution in [2.24, 2.45) is 0 Å². The van der Waals surface area contributed by atoms with Gasteiger partial charge >= 0.3 is 0 Å². The van der Waals surface area contributed by atoms with E-state index in [1.807, 2.05) is 12.1 Å². The highest BCUT2D eigenvalue weighted by Crippen LogP contribution is 2.33. The molecule has 0 saturated carbocycles. The molecule has 6 heteroatoms. The maximum absolute atomic E-state index is 12.1. The molecule has 0 aliphatic carbocycles. The monoisotopic (exact) mass is 371 g/mol. The summed E-state index contributed by atoms with van der Waals surface area (Å²) in [6.07, 6.45) is 7.66. The van der Waals surface area contributed by atoms with Crippen LogP contribution in [0.15, 0.2) is 65.8 Å². The predicted molar refractivity (Wildman–Crippen MR) is 111 cm³/mol. The Balaban J connectivity index is 1.37. The number of nitrogens with one attached hydrogen (secondary N) is 2. The van der Waals surface area contributed by atoms with Crippen molar-refractivity contribution in [3.05, 3.63) is 77.0 Å². The first-order chi connectivity index (χ1) is 13.8. The molecule has 1 saturated heterocycles. The van der Waals surface area contributed by atoms with Gasteiger partial charge in [-0.25, -0.2) is 0 Å². The highest BCUT2D eigenvalue weighted by atomic mass is 16.1. The van der Waals surface area contributed by atoms with Gasteiger partial charge in [-0.3, -0.25) is 9.78 Å². The van der Waals surface area contributed by atoms with Crippen LogP contribution in [0.4, 0.5) is 5.95 Å². The van der Waals surface area contributed by atoms with Crippen molar-refractivity contribution in [2.75, 3.05) is 18.0 Å². The molecule has 5 rings (SSSR count). The first-order valence-electron chi connectivity index (χ1n) is 9.61. The lowest BCUT2D eigenvalue weighted by molar-refractivity contribution is 0.501. The minimum absolute atomic E-state index is 0.223. The summed E-state index contributed by atoms with van der Waals surface area (Å²) in [5, 5.41) is 1.31. The van der Waals surface area contributed by atoms with E-state index in [1.165, 1.54) is 22.5 Å². The zero-order chi connectivity index (χ0) is 18.9. The predicted octanol–water partition coefficient (Wildman–Crippen LogP) is 3.70. The summed E-state index contributed by atoms with van der Waals surface area (Å²) in [5.41, 5.74) is 4.07. The summed E-state index contributed by atoms with van der Waals surface area (Å²) in [4.78, 5) is 29.3. The number of pyridine rings is 1. The van der Waals surface area contributed by atoms with Crippen molar-refractivity contribution in [3.63, 3.8) is 0 Å². The Morgan fingerprint density at radius 1 is 1.04 bits per heavy atom. The van der Waals surface area contributed by atoms with Crippen LogP contribution in [0.1, 0.15) is 24.3 Å². The topological polar surface area (TPSA) is 77.7 Å². The molecule has 0 bridgehead atoms. The van der Waals surface area contributed by atoms with E-state index < -0.39 is 0 Å². The summed E-state index contributed by atoms with van der Waals surface area (Å²) in [7, 11) is 0. The second-order valence-electron chi connectivity index (χ2n) is 7.24. The summed E-state index contributed by atoms with van der Waals surface area (Å²) in [5.74, 6) is 1.17. The number of nitrogens with zero attached hydrogens (tertiary/aromatic N) is 3. The molecule has 0 amide bonds. The van der Waals surface area contributed by atoms with Crippen LogP contribution in [0.3, 0.4) is 0 Å². The molecule has 1 aromatic carbocycles. The first kappa shape index (κ1) is 16.7. The van der Waals surface area contributed by atoms with E-state index in [-0.39, 0.29) is 5.56 Å². The molecule has 1 fully saturated rings. The number of para-hydroxylation sites is 1. The fourth-order valence-electron chi connectivity index (χ4n) is 4.12. The molecular formula is C22H21N5O. The molecule has 0 unspecified atom stereocenters. The number of H-pyrrole nitrogens is 2. The van der Waals surface area contributed by atoms with Crippen LogP contribution in [0, 0.1) is 0 Å². The molecule has 4 aromatic rings. The van der Waals surface area contributed by atoms with Crippen LogP contribution < -0.4 is 10.5 Å². The van der Waals surface area contributed by atoms with Gasteiger partial charge in [-0.05, 0) is 42.5 Å². The van der Waals surface area contributed by atoms with Crippen molar-refractivity contribution in [1.29, 1.82) is 0 Å². The molecule has 0 atom stereocenters. The lowest BCUT2D eigenvalue weighted by Crippen LogP contribution is -2.35. The quantitative estimate of drug-likeness (QED) is 0.576. The number of aromatic nitrogens is 4. The molecule has 1 aliphatic rings. The average molecular weight is 371 g/mol. The average Bonchev–Trinajstić information content (AvgIpc) is 3.18. The van der Waals surface area contributed by atoms with E-state index in [4.69, 9.17) is 0 Å². The standard InChI is InChI=1S/C22H21N5O/c28-21-13-20(16-5-9-23-10-6-16)25-22(26-21)27-11-7-15(8-12-27)18-14-24-19-4-2-1-3-17(18)19/h1-6,9-10,13-15,24H,7-8,11-12H2,(H,25,26,28). The zero-order valence-corrected chi connectivity index (χ0v) is 15.4. The Kier molecular flexibility index (Phi) is 4.16. The Bertz CT molecular complexity index is 1160. The van der Waals surface area contributed by atoms with Gasteiger partial charge in [0.25, 0.3) is 5.56 Å². The zero-order valence-electron chi connectivity index (χ0n) is 15.4. The maximum atomic E-state index is 12.1. The van der Waals surface area contributed by atoms with Crippen LogP contribution in [0.5, 0.6) is 0 Å². The van der Waals surface area contributed by atoms with E-state index >= 15 is 0 Å². The van der Waals surface area contributed by atoms with E-state index in [2.05, 4.69) is 55.3 Å². The highest BCUT2D eigenvalue weighted by Gasteiger charge is 2.24. The van der Waals surface area contributed by atoms with E-state index in [9.17, 15) is 4.79 Å². The van der Waals surface area contributed by atoms with Gasteiger partial charge in [-0.2, -0.15) is 4.98 Å². The van der Waals surface area contributed by atoms with Crippen molar-refractivity contribution in [3.8, 4) is 11.3 Å². The number of fused-ring (bicyclic) bond motifs is 1. The number of hydrogen-bond donors (Lipinski definition) is 2. The Labute approximate surface area is 162 Å². The van der Waals surface area contributed by atoms with Crippen LogP contribution in [-0.4, -0.2) is 33.0 Å². The number of aromatic amines is 2. The number of benzene rings is 1. The lowest BCUT2D eigenvalue weighted by atomic mass is 9.89. The van der Waals surface area contributed by atoms with Crippen LogP contribution >= 0.6 is 0 Å². The number of anilines is 1. The highest BCUT2D eigenvalue weighted by molar-refractivity contribution is 5.83. The summed E-state index contributed by atoms with van der Waals surface area (Å²) in [6, 6.07) is 13.8. The van der Waals surface area contributed by atoms with Gasteiger partial charge in [0.15, 0.2) is 0 Å². The molecule has 28 heavy (non-hydrogen) atoms. The van der Waals surface area contributed by atoms with Gasteiger partial charge in [0.05, 0.1) is 5.69 Å². The Hall–Kier alpha value is -3.41. The minimum Gasteiger partial charge on any atom is -0.361 e. The molecule has 6 nitrogen and oxygen atoms in total. The summed E-state index contributed by atoms with van der Waals surface area (Å²) >= 11 is 0. The summed E-state index contributed by atoms with van der Waals surface area (Å²) in [6.45, 7) is 1.74. The van der Waals surface area contributed by atoms with Crippen LogP contribution in [-0.2, 0) is 0 Å². The van der Waals surface area contributed by atoms with E-state index in [0.717, 1.165) is 37.2 Å². The van der Waals surface area contributed by atoms with Gasteiger partial charge in [-0.15, -0.1) is 0 Å². The number of rotatable bonds is 3. The van der Waals surface area contributed by atoms with Crippen molar-refractivity contribution < 1.29 is 0 Å². The molecule has 3 aromatic heterocycles. The van der Waals surface area contributed by atoms with Crippen LogP contribution in [0.25, 0.3) is 22.2 Å². The third-order valence-corrected chi connectivity index (χ3v) is 5.58. The largest absolute Gasteiger partial charge is 0.361 e. The van der Waals surface area contributed by atoms with Gasteiger partial charge < -0.3 is 14.9 Å². The van der Waals surface area contributed by atoms with Gasteiger partial charge in [-0.1, -0.05) is 18.2 Å². The number of piperidine rings is 1. The smallest absolute Gasteiger partial charge is 0.275 e. The maximum Gasteiger partial charge on any atom is 0.275 e. The van der Waals surface area contributed by atoms with E-state index in [1.54, 1.807) is 12.4 Å². The second kappa shape index (κ2) is 6.96. The van der Waals surface area contributed by atoms with E-state index in [0.29, 0.717) is 11.9 Å². The van der Waals surface area contributed by atoms with Gasteiger partial charge in [0.2, 0.25) is 5.95 Å². The molecular weight excluding hydrogens is 350 g/mol. The summed E-state index contributed by atoms with van der Waals surface area (Å²) < 4.78 is 0. The second-order valence-corrected chi connectivity index (χ2v) is 7.24. The van der Waals surface area contributed by atoms with Gasteiger partial charge in [0, 0.05) is 54.2 Å². The molecule has 1 aliphatic heterocycles. The fourth-order valence-corrected chi connectivity index (χ4v) is 4.12. The molecule has 2 N–H and O–H groups in total. The van der Waals surface area contributed by atoms with Crippen LogP contribution in [0.2, 0.25) is 0 Å². The lowest BCUT2D eigenvalue weighted by Gasteiger charge is -2.32. The number of hydrogen-bond acceptors (Lipinski definition) is 4. The van der Waals surface area contributed by atoms with Crippen molar-refractivity contribution >= 4 is 16.9 Å². The molecule has 0 spiro atoms. The molecule has 0 radical (unpaired) electrons. The minimum atomic E-state index is -0.223. The third kappa shape index (κ3) is 3.07. The third-order valence-electron chi connectivity index (χ3n) is 5.58. The van der Waals surface area contributed by atoms with Crippen molar-refractivity contribution in [2.45, 2.75) is 18.8 Å². The first-order valence-corrected chi connectivity index (χ1v) is 9.61. The Morgan fingerprint density at radius 2 is 1.82 bits per heavy atom. The molecule has 140 valence electrons. The normalized spacial score (nSPS) is 15.2. The van der Waals surface area contributed by atoms with Crippen molar-refractivity contribution in [1.82, 2.24) is 19.9 Å². The fraction of sp³-hybridized carbons (Fsp3) is 0.227. The Morgan fingerprint density at radius 3 is 2.64 bits per heavy atom. The van der Waals surface area contributed by atoms with Gasteiger partial charge in [0.1, 0.15) is 0 Å². The SMILES string of the molecule is O=c1cc(-c2ccncc2)[nH]c(N2CCC(c3c[nH]c4ccccc34)CC2)n1.